The number of carbonyl (C=O) groups is 1. The Morgan fingerprint density at radius 2 is 1.79 bits per heavy atom. The summed E-state index contributed by atoms with van der Waals surface area (Å²) in [6.45, 7) is 8.71. The maximum Gasteiger partial charge on any atom is 0.407 e. The van der Waals surface area contributed by atoms with Gasteiger partial charge in [-0.2, -0.15) is 0 Å². The van der Waals surface area contributed by atoms with E-state index in [2.05, 4.69) is 54.4 Å². The van der Waals surface area contributed by atoms with Gasteiger partial charge in [0.2, 0.25) is 0 Å². The molecule has 1 aliphatic carbocycles. The number of alkyl carbamates (subject to hydrolysis) is 1. The number of piperidine rings is 3. The van der Waals surface area contributed by atoms with Crippen LogP contribution in [0.1, 0.15) is 43.9 Å². The van der Waals surface area contributed by atoms with Crippen LogP contribution >= 0.6 is 0 Å². The van der Waals surface area contributed by atoms with E-state index < -0.39 is 0 Å². The Hall–Kier alpha value is -2.57. The third-order valence-corrected chi connectivity index (χ3v) is 7.74. The van der Waals surface area contributed by atoms with E-state index >= 15 is 0 Å². The van der Waals surface area contributed by atoms with Gasteiger partial charge in [-0.25, -0.2) is 4.79 Å². The van der Waals surface area contributed by atoms with Crippen molar-refractivity contribution in [3.05, 3.63) is 53.6 Å². The summed E-state index contributed by atoms with van der Waals surface area (Å²) in [7, 11) is 1.67. The zero-order valence-corrected chi connectivity index (χ0v) is 20.5. The molecule has 3 heterocycles. The molecule has 6 heteroatoms. The quantitative estimate of drug-likeness (QED) is 0.595. The third kappa shape index (κ3) is 4.80. The van der Waals surface area contributed by atoms with Gasteiger partial charge in [0, 0.05) is 13.7 Å². The minimum absolute atomic E-state index is 0.0234. The first-order valence-corrected chi connectivity index (χ1v) is 12.5. The molecule has 1 amide bonds. The molecule has 2 bridgehead atoms. The summed E-state index contributed by atoms with van der Waals surface area (Å²) in [5.74, 6) is 1.35. The second-order valence-electron chi connectivity index (χ2n) is 10.6. The van der Waals surface area contributed by atoms with Gasteiger partial charge >= 0.3 is 6.09 Å². The summed E-state index contributed by atoms with van der Waals surface area (Å²) in [6.07, 6.45) is 2.93. The van der Waals surface area contributed by atoms with Gasteiger partial charge in [0.25, 0.3) is 0 Å². The fraction of sp³-hybridized carbons (Fsp3) is 0.536. The van der Waals surface area contributed by atoms with Crippen molar-refractivity contribution < 1.29 is 19.0 Å². The monoisotopic (exact) mass is 464 g/mol. The molecule has 6 rings (SSSR count). The molecule has 0 radical (unpaired) electrons. The van der Waals surface area contributed by atoms with Crippen molar-refractivity contribution >= 4 is 6.09 Å². The van der Waals surface area contributed by atoms with E-state index in [-0.39, 0.29) is 23.7 Å². The fourth-order valence-electron chi connectivity index (χ4n) is 5.83. The summed E-state index contributed by atoms with van der Waals surface area (Å²) in [5.41, 5.74) is 4.73. The molecule has 2 aromatic rings. The Morgan fingerprint density at radius 3 is 2.47 bits per heavy atom. The highest BCUT2D eigenvalue weighted by Crippen LogP contribution is 2.46. The molecular weight excluding hydrogens is 428 g/mol. The summed E-state index contributed by atoms with van der Waals surface area (Å²) < 4.78 is 16.6. The Labute approximate surface area is 202 Å². The lowest BCUT2D eigenvalue weighted by Crippen LogP contribution is -2.53. The highest BCUT2D eigenvalue weighted by Gasteiger charge is 2.42. The average molecular weight is 465 g/mol. The number of methoxy groups -OCH3 is 1. The second kappa shape index (κ2) is 9.59. The average Bonchev–Trinajstić information content (AvgIpc) is 3.09. The highest BCUT2D eigenvalue weighted by atomic mass is 16.6. The van der Waals surface area contributed by atoms with Crippen LogP contribution in [0, 0.1) is 11.3 Å². The SMILES string of the molecule is COCCOc1ccc(-c2ccc3c(c2)CC(C)(C)C3NC(=O)O[C@@H]2CN3CCC2CC3)cc1. The van der Waals surface area contributed by atoms with E-state index in [0.29, 0.717) is 19.1 Å². The van der Waals surface area contributed by atoms with Crippen LogP contribution in [0.3, 0.4) is 0 Å². The van der Waals surface area contributed by atoms with Crippen molar-refractivity contribution in [2.75, 3.05) is 40.0 Å². The van der Waals surface area contributed by atoms with E-state index in [0.717, 1.165) is 50.2 Å². The smallest absolute Gasteiger partial charge is 0.407 e. The zero-order chi connectivity index (χ0) is 23.7. The van der Waals surface area contributed by atoms with Crippen LogP contribution in [0.25, 0.3) is 11.1 Å². The van der Waals surface area contributed by atoms with Gasteiger partial charge in [-0.1, -0.05) is 44.2 Å². The molecule has 2 aromatic carbocycles. The first-order chi connectivity index (χ1) is 16.4. The molecule has 1 N–H and O–H groups in total. The Kier molecular flexibility index (Phi) is 6.54. The van der Waals surface area contributed by atoms with Crippen molar-refractivity contribution in [3.63, 3.8) is 0 Å². The first kappa shape index (κ1) is 23.2. The standard InChI is InChI=1S/C28H36N2O4/c1-28(2)17-22-16-21(19-4-7-23(8-5-19)33-15-14-32-3)6-9-24(22)26(28)29-27(31)34-25-18-30-12-10-20(25)11-13-30/h4-9,16,20,25-26H,10-15,17-18H2,1-3H3,(H,29,31)/t25-,26?/m1/s1. The number of nitrogens with one attached hydrogen (secondary N) is 1. The number of hydrogen-bond acceptors (Lipinski definition) is 5. The molecule has 34 heavy (non-hydrogen) atoms. The van der Waals surface area contributed by atoms with Crippen molar-refractivity contribution in [1.29, 1.82) is 0 Å². The molecule has 0 spiro atoms. The third-order valence-electron chi connectivity index (χ3n) is 7.74. The number of fused-ring (bicyclic) bond motifs is 4. The highest BCUT2D eigenvalue weighted by molar-refractivity contribution is 5.70. The van der Waals surface area contributed by atoms with Crippen LogP contribution in [0.4, 0.5) is 4.79 Å². The lowest BCUT2D eigenvalue weighted by molar-refractivity contribution is -0.0348. The number of ether oxygens (including phenoxy) is 3. The summed E-state index contributed by atoms with van der Waals surface area (Å²) in [4.78, 5) is 15.3. The predicted molar refractivity (Wildman–Crippen MR) is 132 cm³/mol. The van der Waals surface area contributed by atoms with Crippen LogP contribution in [0.15, 0.2) is 42.5 Å². The van der Waals surface area contributed by atoms with Crippen molar-refractivity contribution in [2.24, 2.45) is 11.3 Å². The van der Waals surface area contributed by atoms with Gasteiger partial charge in [0.1, 0.15) is 18.5 Å². The van der Waals surface area contributed by atoms with Crippen molar-refractivity contribution in [2.45, 2.75) is 45.3 Å². The van der Waals surface area contributed by atoms with Gasteiger partial charge in [-0.15, -0.1) is 0 Å². The summed E-state index contributed by atoms with van der Waals surface area (Å²) in [5, 5.41) is 3.22. The number of carbonyl (C=O) groups excluding carboxylic acids is 1. The molecule has 1 unspecified atom stereocenters. The molecule has 0 aromatic heterocycles. The van der Waals surface area contributed by atoms with Gasteiger partial charge in [0.15, 0.2) is 0 Å². The van der Waals surface area contributed by atoms with Crippen LogP contribution in [-0.4, -0.2) is 57.1 Å². The number of hydrogen-bond donors (Lipinski definition) is 1. The van der Waals surface area contributed by atoms with E-state index in [1.807, 2.05) is 12.1 Å². The van der Waals surface area contributed by atoms with E-state index in [4.69, 9.17) is 14.2 Å². The molecular formula is C28H36N2O4. The normalized spacial score (nSPS) is 26.7. The lowest BCUT2D eigenvalue weighted by atomic mass is 9.85. The second-order valence-corrected chi connectivity index (χ2v) is 10.6. The Balaban J connectivity index is 1.26. The van der Waals surface area contributed by atoms with Crippen LogP contribution in [0.5, 0.6) is 5.75 Å². The van der Waals surface area contributed by atoms with Crippen LogP contribution in [-0.2, 0) is 15.9 Å². The van der Waals surface area contributed by atoms with E-state index in [9.17, 15) is 4.79 Å². The molecule has 3 aliphatic heterocycles. The minimum Gasteiger partial charge on any atom is -0.491 e. The lowest BCUT2D eigenvalue weighted by Gasteiger charge is -2.44. The molecule has 3 saturated heterocycles. The fourth-order valence-corrected chi connectivity index (χ4v) is 5.83. The number of benzene rings is 2. The van der Waals surface area contributed by atoms with Crippen LogP contribution < -0.4 is 10.1 Å². The van der Waals surface area contributed by atoms with Gasteiger partial charge in [0.05, 0.1) is 12.6 Å². The Morgan fingerprint density at radius 1 is 1.06 bits per heavy atom. The van der Waals surface area contributed by atoms with Gasteiger partial charge < -0.3 is 19.5 Å². The molecule has 3 fully saturated rings. The van der Waals surface area contributed by atoms with Crippen LogP contribution in [0.2, 0.25) is 0 Å². The maximum atomic E-state index is 12.9. The van der Waals surface area contributed by atoms with Crippen molar-refractivity contribution in [3.8, 4) is 16.9 Å². The molecule has 4 aliphatic rings. The first-order valence-electron chi connectivity index (χ1n) is 12.5. The number of nitrogens with zero attached hydrogens (tertiary/aromatic N) is 1. The number of rotatable bonds is 7. The molecule has 2 atom stereocenters. The Bertz CT molecular complexity index is 1010. The maximum absolute atomic E-state index is 12.9. The van der Waals surface area contributed by atoms with Gasteiger partial charge in [-0.3, -0.25) is 4.90 Å². The minimum atomic E-state index is -0.280. The molecule has 182 valence electrons. The molecule has 6 nitrogen and oxygen atoms in total. The summed E-state index contributed by atoms with van der Waals surface area (Å²) >= 11 is 0. The number of amides is 1. The van der Waals surface area contributed by atoms with E-state index in [1.165, 1.54) is 16.7 Å². The topological polar surface area (TPSA) is 60.0 Å². The largest absolute Gasteiger partial charge is 0.491 e. The molecule has 0 saturated carbocycles. The van der Waals surface area contributed by atoms with Gasteiger partial charge in [-0.05, 0) is 78.1 Å². The summed E-state index contributed by atoms with van der Waals surface area (Å²) in [6, 6.07) is 14.7. The van der Waals surface area contributed by atoms with E-state index in [1.54, 1.807) is 7.11 Å². The zero-order valence-electron chi connectivity index (χ0n) is 20.5. The van der Waals surface area contributed by atoms with Crippen molar-refractivity contribution in [1.82, 2.24) is 10.2 Å². The predicted octanol–water partition coefficient (Wildman–Crippen LogP) is 4.82.